The highest BCUT2D eigenvalue weighted by atomic mass is 19.4. The summed E-state index contributed by atoms with van der Waals surface area (Å²) in [4.78, 5) is 24.1. The molecule has 0 saturated carbocycles. The lowest BCUT2D eigenvalue weighted by molar-refractivity contribution is -0.137. The highest BCUT2D eigenvalue weighted by Gasteiger charge is 2.29. The van der Waals surface area contributed by atoms with Crippen molar-refractivity contribution >= 4 is 11.8 Å². The van der Waals surface area contributed by atoms with Crippen molar-refractivity contribution in [2.45, 2.75) is 12.7 Å². The smallest absolute Gasteiger partial charge is 0.350 e. The van der Waals surface area contributed by atoms with Crippen LogP contribution in [0.15, 0.2) is 78.9 Å². The van der Waals surface area contributed by atoms with E-state index < -0.39 is 17.6 Å². The number of nitrogens with one attached hydrogen (secondary N) is 2. The maximum Gasteiger partial charge on any atom is 0.416 e. The zero-order valence-corrected chi connectivity index (χ0v) is 15.9. The molecule has 0 spiro atoms. The number of halogens is 3. The number of rotatable bonds is 6. The summed E-state index contributed by atoms with van der Waals surface area (Å²) in [6.45, 7) is -0.168. The summed E-state index contributed by atoms with van der Waals surface area (Å²) in [6.07, 6.45) is -4.40. The molecule has 2 amide bonds. The molecule has 0 aliphatic carbocycles. The van der Waals surface area contributed by atoms with E-state index in [0.29, 0.717) is 11.1 Å². The minimum absolute atomic E-state index is 0.0681. The normalized spacial score (nSPS) is 11.0. The van der Waals surface area contributed by atoms with Crippen LogP contribution in [0.3, 0.4) is 0 Å². The fourth-order valence-corrected chi connectivity index (χ4v) is 2.78. The molecule has 0 aromatic heterocycles. The van der Waals surface area contributed by atoms with Crippen molar-refractivity contribution in [2.24, 2.45) is 0 Å². The molecule has 0 radical (unpaired) electrons. The van der Waals surface area contributed by atoms with Crippen LogP contribution in [0.4, 0.5) is 13.2 Å². The second-order valence-electron chi connectivity index (χ2n) is 6.60. The molecule has 4 nitrogen and oxygen atoms in total. The predicted octanol–water partition coefficient (Wildman–Crippen LogP) is 4.42. The second-order valence-corrected chi connectivity index (χ2v) is 6.60. The number of alkyl halides is 3. The third-order valence-corrected chi connectivity index (χ3v) is 4.43. The lowest BCUT2D eigenvalue weighted by Gasteiger charge is -2.09. The molecule has 0 aliphatic rings. The fraction of sp³-hybridized carbons (Fsp3) is 0.130. The SMILES string of the molecule is O=C(CNC(=O)c1ccc(-c2ccccc2)cc1)NCc1ccc(C(F)(F)F)cc1. The Morgan fingerprint density at radius 1 is 0.733 bits per heavy atom. The quantitative estimate of drug-likeness (QED) is 0.630. The number of carbonyl (C=O) groups is 2. The molecule has 0 unspecified atom stereocenters. The number of amides is 2. The fourth-order valence-electron chi connectivity index (χ4n) is 2.78. The van der Waals surface area contributed by atoms with E-state index in [9.17, 15) is 22.8 Å². The Morgan fingerprint density at radius 2 is 1.33 bits per heavy atom. The third kappa shape index (κ3) is 5.70. The van der Waals surface area contributed by atoms with Crippen molar-refractivity contribution in [1.82, 2.24) is 10.6 Å². The van der Waals surface area contributed by atoms with Gasteiger partial charge in [0.25, 0.3) is 5.91 Å². The van der Waals surface area contributed by atoms with Gasteiger partial charge in [0.15, 0.2) is 0 Å². The van der Waals surface area contributed by atoms with Gasteiger partial charge >= 0.3 is 6.18 Å². The minimum Gasteiger partial charge on any atom is -0.350 e. The molecular weight excluding hydrogens is 393 g/mol. The first-order valence-electron chi connectivity index (χ1n) is 9.19. The Labute approximate surface area is 171 Å². The molecule has 3 rings (SSSR count). The van der Waals surface area contributed by atoms with Crippen molar-refractivity contribution in [1.29, 1.82) is 0 Å². The lowest BCUT2D eigenvalue weighted by atomic mass is 10.0. The van der Waals surface area contributed by atoms with E-state index in [1.54, 1.807) is 12.1 Å². The van der Waals surface area contributed by atoms with Gasteiger partial charge in [0.05, 0.1) is 12.1 Å². The molecule has 0 saturated heterocycles. The Kier molecular flexibility index (Phi) is 6.51. The first-order valence-corrected chi connectivity index (χ1v) is 9.19. The van der Waals surface area contributed by atoms with Gasteiger partial charge in [-0.1, -0.05) is 54.6 Å². The summed E-state index contributed by atoms with van der Waals surface area (Å²) in [5.41, 5.74) is 2.21. The number of carbonyl (C=O) groups excluding carboxylic acids is 2. The average Bonchev–Trinajstić information content (AvgIpc) is 2.76. The lowest BCUT2D eigenvalue weighted by Crippen LogP contribution is -2.36. The van der Waals surface area contributed by atoms with Gasteiger partial charge < -0.3 is 10.6 Å². The van der Waals surface area contributed by atoms with E-state index in [2.05, 4.69) is 10.6 Å². The van der Waals surface area contributed by atoms with E-state index in [0.717, 1.165) is 23.3 Å². The molecule has 154 valence electrons. The molecule has 0 heterocycles. The molecule has 3 aromatic carbocycles. The Morgan fingerprint density at radius 3 is 1.93 bits per heavy atom. The van der Waals surface area contributed by atoms with Crippen LogP contribution in [-0.2, 0) is 17.5 Å². The number of hydrogen-bond donors (Lipinski definition) is 2. The standard InChI is InChI=1S/C23H19F3N2O2/c24-23(25,26)20-12-6-16(7-13-20)14-27-21(29)15-28-22(30)19-10-8-18(9-11-19)17-4-2-1-3-5-17/h1-13H,14-15H2,(H,27,29)(H,28,30). The molecule has 2 N–H and O–H groups in total. The summed E-state index contributed by atoms with van der Waals surface area (Å²) in [6, 6.07) is 21.3. The molecule has 7 heteroatoms. The van der Waals surface area contributed by atoms with Crippen LogP contribution < -0.4 is 10.6 Å². The van der Waals surface area contributed by atoms with Gasteiger partial charge in [-0.2, -0.15) is 13.2 Å². The van der Waals surface area contributed by atoms with Crippen LogP contribution in [0.25, 0.3) is 11.1 Å². The molecule has 0 bridgehead atoms. The van der Waals surface area contributed by atoms with Gasteiger partial charge in [0, 0.05) is 12.1 Å². The van der Waals surface area contributed by atoms with Crippen molar-refractivity contribution in [3.8, 4) is 11.1 Å². The Bertz CT molecular complexity index is 999. The van der Waals surface area contributed by atoms with E-state index in [1.807, 2.05) is 42.5 Å². The molecule has 0 aliphatic heterocycles. The van der Waals surface area contributed by atoms with Crippen LogP contribution in [-0.4, -0.2) is 18.4 Å². The van der Waals surface area contributed by atoms with Crippen LogP contribution in [0.1, 0.15) is 21.5 Å². The summed E-state index contributed by atoms with van der Waals surface area (Å²) in [5, 5.41) is 5.08. The highest BCUT2D eigenvalue weighted by molar-refractivity contribution is 5.96. The molecule has 0 fully saturated rings. The van der Waals surface area contributed by atoms with E-state index in [-0.39, 0.29) is 19.0 Å². The maximum atomic E-state index is 12.5. The summed E-state index contributed by atoms with van der Waals surface area (Å²) >= 11 is 0. The second kappa shape index (κ2) is 9.26. The molecule has 30 heavy (non-hydrogen) atoms. The maximum absolute atomic E-state index is 12.5. The van der Waals surface area contributed by atoms with Crippen molar-refractivity contribution in [3.05, 3.63) is 95.6 Å². The third-order valence-electron chi connectivity index (χ3n) is 4.43. The Hall–Kier alpha value is -3.61. The van der Waals surface area contributed by atoms with Crippen LogP contribution in [0, 0.1) is 0 Å². The van der Waals surface area contributed by atoms with Gasteiger partial charge in [0.1, 0.15) is 0 Å². The van der Waals surface area contributed by atoms with Crippen LogP contribution >= 0.6 is 0 Å². The zero-order chi connectivity index (χ0) is 21.6. The van der Waals surface area contributed by atoms with Gasteiger partial charge in [-0.25, -0.2) is 0 Å². The average molecular weight is 412 g/mol. The number of benzene rings is 3. The Balaban J connectivity index is 1.47. The first-order chi connectivity index (χ1) is 14.3. The minimum atomic E-state index is -4.40. The van der Waals surface area contributed by atoms with Gasteiger partial charge in [-0.05, 0) is 41.0 Å². The largest absolute Gasteiger partial charge is 0.416 e. The number of hydrogen-bond acceptors (Lipinski definition) is 2. The monoisotopic (exact) mass is 412 g/mol. The van der Waals surface area contributed by atoms with E-state index in [4.69, 9.17) is 0 Å². The highest BCUT2D eigenvalue weighted by Crippen LogP contribution is 2.29. The van der Waals surface area contributed by atoms with Crippen LogP contribution in [0.2, 0.25) is 0 Å². The predicted molar refractivity (Wildman–Crippen MR) is 108 cm³/mol. The summed E-state index contributed by atoms with van der Waals surface area (Å²) < 4.78 is 37.6. The topological polar surface area (TPSA) is 58.2 Å². The van der Waals surface area contributed by atoms with Crippen molar-refractivity contribution in [2.75, 3.05) is 6.54 Å². The van der Waals surface area contributed by atoms with Crippen molar-refractivity contribution in [3.63, 3.8) is 0 Å². The van der Waals surface area contributed by atoms with Gasteiger partial charge in [0.2, 0.25) is 5.91 Å². The molecular formula is C23H19F3N2O2. The molecule has 3 aromatic rings. The van der Waals surface area contributed by atoms with Crippen LogP contribution in [0.5, 0.6) is 0 Å². The summed E-state index contributed by atoms with van der Waals surface area (Å²) in [5.74, 6) is -0.830. The molecule has 0 atom stereocenters. The zero-order valence-electron chi connectivity index (χ0n) is 15.9. The van der Waals surface area contributed by atoms with Gasteiger partial charge in [-0.15, -0.1) is 0 Å². The first kappa shape index (κ1) is 21.1. The van der Waals surface area contributed by atoms with Gasteiger partial charge in [-0.3, -0.25) is 9.59 Å². The summed E-state index contributed by atoms with van der Waals surface area (Å²) in [7, 11) is 0. The van der Waals surface area contributed by atoms with E-state index >= 15 is 0 Å². The van der Waals surface area contributed by atoms with Crippen molar-refractivity contribution < 1.29 is 22.8 Å². The van der Waals surface area contributed by atoms with E-state index in [1.165, 1.54) is 12.1 Å².